The molecule has 0 radical (unpaired) electrons. The number of rotatable bonds is 51. The number of nitrogens with one attached hydrogen (secondary N) is 1. The van der Waals surface area contributed by atoms with E-state index in [1.807, 2.05) is 27.2 Å². The number of likely N-dealkylation sites (N-methyl/N-ethyl adjacent to an activating group) is 1. The standard InChI is InChI=1S/C56H109N2O6P/c1-6-8-10-12-14-16-18-20-22-23-24-25-26-27-28-29-30-31-32-33-34-35-36-37-39-41-43-45-47-49-55(59)54(53-64-65(61,62)63-52-51-58(3,4)5)57-56(60)50-48-46-44-42-40-38-21-19-17-15-13-11-9-7-2/h34-35,39,41,47,49,54-55,59H,6-33,36-38,40,42-46,48,50-53H2,1-5H3,(H-,57,60,61,62)/p+1/b35-34+,41-39+,49-47+. The van der Waals surface area contributed by atoms with Gasteiger partial charge in [-0.25, -0.2) is 4.57 Å². The van der Waals surface area contributed by atoms with Crippen LogP contribution in [0.3, 0.4) is 0 Å². The summed E-state index contributed by atoms with van der Waals surface area (Å²) in [5.74, 6) is -0.189. The number of nitrogens with zero attached hydrogens (tertiary/aromatic N) is 1. The van der Waals surface area contributed by atoms with E-state index in [0.717, 1.165) is 44.9 Å². The van der Waals surface area contributed by atoms with E-state index in [9.17, 15) is 19.4 Å². The van der Waals surface area contributed by atoms with Gasteiger partial charge in [-0.2, -0.15) is 0 Å². The van der Waals surface area contributed by atoms with Crippen LogP contribution in [-0.4, -0.2) is 73.4 Å². The van der Waals surface area contributed by atoms with Crippen molar-refractivity contribution in [2.75, 3.05) is 40.9 Å². The monoisotopic (exact) mass is 938 g/mol. The van der Waals surface area contributed by atoms with Crippen LogP contribution in [0.1, 0.15) is 264 Å². The average Bonchev–Trinajstić information content (AvgIpc) is 3.26. The van der Waals surface area contributed by atoms with Gasteiger partial charge in [-0.05, 0) is 44.9 Å². The largest absolute Gasteiger partial charge is 0.472 e. The Morgan fingerprint density at radius 2 is 0.846 bits per heavy atom. The molecule has 3 unspecified atom stereocenters. The molecule has 0 bridgehead atoms. The first-order chi connectivity index (χ1) is 31.5. The third-order valence-corrected chi connectivity index (χ3v) is 13.6. The van der Waals surface area contributed by atoms with E-state index < -0.39 is 20.0 Å². The molecule has 0 heterocycles. The molecular formula is C56H110N2O6P+. The number of hydrogen-bond acceptors (Lipinski definition) is 5. The fourth-order valence-corrected chi connectivity index (χ4v) is 8.93. The zero-order chi connectivity index (χ0) is 47.8. The third-order valence-electron chi connectivity index (χ3n) is 12.6. The van der Waals surface area contributed by atoms with Crippen molar-refractivity contribution in [3.8, 4) is 0 Å². The van der Waals surface area contributed by atoms with Crippen LogP contribution in [0.2, 0.25) is 0 Å². The second kappa shape index (κ2) is 47.8. The zero-order valence-electron chi connectivity index (χ0n) is 43.7. The summed E-state index contributed by atoms with van der Waals surface area (Å²) < 4.78 is 23.6. The van der Waals surface area contributed by atoms with E-state index >= 15 is 0 Å². The Balaban J connectivity index is 4.22. The molecule has 0 aliphatic heterocycles. The lowest BCUT2D eigenvalue weighted by atomic mass is 10.0. The third kappa shape index (κ3) is 50.4. The highest BCUT2D eigenvalue weighted by Gasteiger charge is 2.27. The van der Waals surface area contributed by atoms with Gasteiger partial charge >= 0.3 is 7.82 Å². The molecule has 0 aromatic rings. The molecule has 0 saturated carbocycles. The summed E-state index contributed by atoms with van der Waals surface area (Å²) in [5.41, 5.74) is 0. The van der Waals surface area contributed by atoms with Crippen molar-refractivity contribution >= 4 is 13.7 Å². The first kappa shape index (κ1) is 63.7. The van der Waals surface area contributed by atoms with Crippen LogP contribution in [-0.2, 0) is 18.4 Å². The number of carbonyl (C=O) groups is 1. The maximum absolute atomic E-state index is 12.9. The van der Waals surface area contributed by atoms with Crippen molar-refractivity contribution in [3.05, 3.63) is 36.5 Å². The van der Waals surface area contributed by atoms with Gasteiger partial charge in [0, 0.05) is 6.42 Å². The maximum atomic E-state index is 12.9. The highest BCUT2D eigenvalue weighted by molar-refractivity contribution is 7.47. The molecule has 384 valence electrons. The second-order valence-electron chi connectivity index (χ2n) is 20.3. The van der Waals surface area contributed by atoms with Crippen LogP contribution >= 0.6 is 7.82 Å². The van der Waals surface area contributed by atoms with Gasteiger partial charge in [0.15, 0.2) is 0 Å². The lowest BCUT2D eigenvalue weighted by Gasteiger charge is -2.25. The van der Waals surface area contributed by atoms with Gasteiger partial charge in [0.2, 0.25) is 5.91 Å². The number of hydrogen-bond donors (Lipinski definition) is 3. The van der Waals surface area contributed by atoms with Crippen molar-refractivity contribution in [1.82, 2.24) is 5.32 Å². The normalized spacial score (nSPS) is 14.3. The van der Waals surface area contributed by atoms with Crippen LogP contribution in [0, 0.1) is 0 Å². The number of aliphatic hydroxyl groups excluding tert-OH is 1. The summed E-state index contributed by atoms with van der Waals surface area (Å²) in [6, 6.07) is -0.867. The van der Waals surface area contributed by atoms with Crippen molar-refractivity contribution in [2.45, 2.75) is 276 Å². The molecule has 65 heavy (non-hydrogen) atoms. The van der Waals surface area contributed by atoms with Gasteiger partial charge < -0.3 is 19.8 Å². The SMILES string of the molecule is CCCCCCCCCCCCCCCCCCCCC/C=C/CC/C=C/CC/C=C/C(O)C(COP(=O)(O)OCC[N+](C)(C)C)NC(=O)CCCCCCCCCCCCCCCC. The minimum absolute atomic E-state index is 0.0549. The molecule has 0 spiro atoms. The van der Waals surface area contributed by atoms with Gasteiger partial charge in [-0.15, -0.1) is 0 Å². The van der Waals surface area contributed by atoms with E-state index in [1.54, 1.807) is 6.08 Å². The number of phosphoric ester groups is 1. The molecule has 0 fully saturated rings. The van der Waals surface area contributed by atoms with Crippen LogP contribution < -0.4 is 5.32 Å². The van der Waals surface area contributed by atoms with Crippen molar-refractivity contribution < 1.29 is 32.9 Å². The predicted octanol–water partition coefficient (Wildman–Crippen LogP) is 16.6. The van der Waals surface area contributed by atoms with Gasteiger partial charge in [-0.1, -0.05) is 249 Å². The number of quaternary nitrogens is 1. The Labute approximate surface area is 404 Å². The Morgan fingerprint density at radius 3 is 1.23 bits per heavy atom. The molecule has 0 saturated heterocycles. The molecule has 0 rings (SSSR count). The molecular weight excluding hydrogens is 828 g/mol. The minimum atomic E-state index is -4.35. The van der Waals surface area contributed by atoms with E-state index in [-0.39, 0.29) is 19.1 Å². The Bertz CT molecular complexity index is 1150. The Hall–Kier alpha value is -1.28. The van der Waals surface area contributed by atoms with E-state index in [0.29, 0.717) is 17.4 Å². The number of unbranched alkanes of at least 4 members (excludes halogenated alkanes) is 34. The summed E-state index contributed by atoms with van der Waals surface area (Å²) in [4.78, 5) is 23.2. The topological polar surface area (TPSA) is 105 Å². The van der Waals surface area contributed by atoms with Crippen LogP contribution in [0.4, 0.5) is 0 Å². The average molecular weight is 938 g/mol. The first-order valence-corrected chi connectivity index (χ1v) is 29.4. The molecule has 0 aromatic heterocycles. The molecule has 9 heteroatoms. The molecule has 3 N–H and O–H groups in total. The van der Waals surface area contributed by atoms with Crippen LogP contribution in [0.15, 0.2) is 36.5 Å². The van der Waals surface area contributed by atoms with E-state index in [4.69, 9.17) is 9.05 Å². The smallest absolute Gasteiger partial charge is 0.387 e. The van der Waals surface area contributed by atoms with E-state index in [2.05, 4.69) is 43.5 Å². The van der Waals surface area contributed by atoms with Crippen molar-refractivity contribution in [3.63, 3.8) is 0 Å². The molecule has 8 nitrogen and oxygen atoms in total. The molecule has 0 aliphatic carbocycles. The fourth-order valence-electron chi connectivity index (χ4n) is 8.19. The lowest BCUT2D eigenvalue weighted by molar-refractivity contribution is -0.870. The molecule has 3 atom stereocenters. The summed E-state index contributed by atoms with van der Waals surface area (Å²) in [7, 11) is 1.55. The van der Waals surface area contributed by atoms with Crippen LogP contribution in [0.25, 0.3) is 0 Å². The second-order valence-corrected chi connectivity index (χ2v) is 21.8. The lowest BCUT2D eigenvalue weighted by Crippen LogP contribution is -2.45. The highest BCUT2D eigenvalue weighted by atomic mass is 31.2. The summed E-state index contributed by atoms with van der Waals surface area (Å²) in [5, 5.41) is 13.9. The molecule has 0 aromatic carbocycles. The highest BCUT2D eigenvalue weighted by Crippen LogP contribution is 2.43. The summed E-state index contributed by atoms with van der Waals surface area (Å²) in [6.45, 7) is 4.81. The maximum Gasteiger partial charge on any atom is 0.472 e. The molecule has 0 aliphatic rings. The number of carbonyl (C=O) groups excluding carboxylic acids is 1. The first-order valence-electron chi connectivity index (χ1n) is 27.9. The number of allylic oxidation sites excluding steroid dienone is 5. The van der Waals surface area contributed by atoms with Crippen molar-refractivity contribution in [2.24, 2.45) is 0 Å². The number of aliphatic hydroxyl groups is 1. The number of phosphoric acid groups is 1. The minimum Gasteiger partial charge on any atom is -0.387 e. The van der Waals surface area contributed by atoms with Gasteiger partial charge in [-0.3, -0.25) is 13.8 Å². The Morgan fingerprint density at radius 1 is 0.508 bits per heavy atom. The quantitative estimate of drug-likeness (QED) is 0.0243. The van der Waals surface area contributed by atoms with Crippen molar-refractivity contribution in [1.29, 1.82) is 0 Å². The van der Waals surface area contributed by atoms with Gasteiger partial charge in [0.05, 0.1) is 39.9 Å². The summed E-state index contributed by atoms with van der Waals surface area (Å²) in [6.07, 6.45) is 61.1. The van der Waals surface area contributed by atoms with Crippen LogP contribution in [0.5, 0.6) is 0 Å². The fraction of sp³-hybridized carbons (Fsp3) is 0.875. The summed E-state index contributed by atoms with van der Waals surface area (Å²) >= 11 is 0. The predicted molar refractivity (Wildman–Crippen MR) is 281 cm³/mol. The van der Waals surface area contributed by atoms with E-state index in [1.165, 1.54) is 199 Å². The zero-order valence-corrected chi connectivity index (χ0v) is 44.6. The number of amides is 1. The van der Waals surface area contributed by atoms with Gasteiger partial charge in [0.25, 0.3) is 0 Å². The van der Waals surface area contributed by atoms with Gasteiger partial charge in [0.1, 0.15) is 13.2 Å². The Kier molecular flexibility index (Phi) is 46.8. The molecule has 1 amide bonds.